The first-order valence-corrected chi connectivity index (χ1v) is 7.11. The molecule has 0 fully saturated rings. The standard InChI is InChI=1S/C16H14O2S/c1-18-14-5-3-2-4-12(14)16-11(10-17)6-7-15-13(16)8-9-19-15/h2-5,8-10H,6-7H2,1H3. The third-order valence-corrected chi connectivity index (χ3v) is 4.46. The molecule has 19 heavy (non-hydrogen) atoms. The maximum atomic E-state index is 11.4. The molecule has 0 amide bonds. The predicted molar refractivity (Wildman–Crippen MR) is 77.7 cm³/mol. The van der Waals surface area contributed by atoms with Gasteiger partial charge < -0.3 is 4.74 Å². The summed E-state index contributed by atoms with van der Waals surface area (Å²) in [5.41, 5.74) is 4.10. The maximum absolute atomic E-state index is 11.4. The molecule has 0 atom stereocenters. The van der Waals surface area contributed by atoms with Gasteiger partial charge >= 0.3 is 0 Å². The van der Waals surface area contributed by atoms with Crippen LogP contribution in [0, 0.1) is 0 Å². The van der Waals surface area contributed by atoms with Crippen LogP contribution in [0.3, 0.4) is 0 Å². The molecule has 1 aromatic carbocycles. The Balaban J connectivity index is 2.26. The van der Waals surface area contributed by atoms with Crippen LogP contribution in [0.5, 0.6) is 5.75 Å². The van der Waals surface area contributed by atoms with Crippen molar-refractivity contribution in [2.24, 2.45) is 0 Å². The second-order valence-corrected chi connectivity index (χ2v) is 5.48. The molecule has 0 saturated carbocycles. The number of ether oxygens (including phenoxy) is 1. The summed E-state index contributed by atoms with van der Waals surface area (Å²) in [5, 5.41) is 2.09. The molecule has 0 bridgehead atoms. The molecular formula is C16H14O2S. The third kappa shape index (κ3) is 2.00. The van der Waals surface area contributed by atoms with Crippen molar-refractivity contribution in [1.29, 1.82) is 0 Å². The Morgan fingerprint density at radius 1 is 1.16 bits per heavy atom. The molecule has 3 heteroatoms. The third-order valence-electron chi connectivity index (χ3n) is 3.48. The number of thiophene rings is 1. The van der Waals surface area contributed by atoms with E-state index in [-0.39, 0.29) is 0 Å². The first kappa shape index (κ1) is 12.2. The second-order valence-electron chi connectivity index (χ2n) is 4.48. The zero-order valence-corrected chi connectivity index (χ0v) is 11.5. The number of allylic oxidation sites excluding steroid dienone is 1. The van der Waals surface area contributed by atoms with Gasteiger partial charge in [0.2, 0.25) is 0 Å². The van der Waals surface area contributed by atoms with E-state index in [1.165, 1.54) is 10.4 Å². The van der Waals surface area contributed by atoms with E-state index >= 15 is 0 Å². The lowest BCUT2D eigenvalue weighted by molar-refractivity contribution is -0.105. The fourth-order valence-corrected chi connectivity index (χ4v) is 3.48. The van der Waals surface area contributed by atoms with Crippen LogP contribution >= 0.6 is 11.3 Å². The lowest BCUT2D eigenvalue weighted by Crippen LogP contribution is -2.05. The van der Waals surface area contributed by atoms with Gasteiger partial charge in [0, 0.05) is 21.6 Å². The molecular weight excluding hydrogens is 256 g/mol. The van der Waals surface area contributed by atoms with E-state index in [9.17, 15) is 4.79 Å². The highest BCUT2D eigenvalue weighted by Crippen LogP contribution is 2.40. The van der Waals surface area contributed by atoms with Gasteiger partial charge in [-0.05, 0) is 35.9 Å². The van der Waals surface area contributed by atoms with E-state index < -0.39 is 0 Å². The highest BCUT2D eigenvalue weighted by Gasteiger charge is 2.22. The van der Waals surface area contributed by atoms with Gasteiger partial charge in [0.15, 0.2) is 0 Å². The number of fused-ring (bicyclic) bond motifs is 1. The number of carbonyl (C=O) groups excluding carboxylic acids is 1. The number of hydrogen-bond acceptors (Lipinski definition) is 3. The molecule has 0 radical (unpaired) electrons. The van der Waals surface area contributed by atoms with Crippen molar-refractivity contribution in [2.45, 2.75) is 12.8 Å². The summed E-state index contributed by atoms with van der Waals surface area (Å²) in [6, 6.07) is 9.98. The van der Waals surface area contributed by atoms with Gasteiger partial charge in [0.25, 0.3) is 0 Å². The molecule has 2 aromatic rings. The Morgan fingerprint density at radius 3 is 2.79 bits per heavy atom. The Morgan fingerprint density at radius 2 is 2.00 bits per heavy atom. The van der Waals surface area contributed by atoms with Crippen LogP contribution in [0.4, 0.5) is 0 Å². The summed E-state index contributed by atoms with van der Waals surface area (Å²) >= 11 is 1.76. The highest BCUT2D eigenvalue weighted by atomic mass is 32.1. The number of hydrogen-bond donors (Lipinski definition) is 0. The lowest BCUT2D eigenvalue weighted by Gasteiger charge is -2.19. The normalized spacial score (nSPS) is 14.2. The molecule has 0 N–H and O–H groups in total. The van der Waals surface area contributed by atoms with Crippen molar-refractivity contribution < 1.29 is 9.53 Å². The van der Waals surface area contributed by atoms with E-state index in [1.807, 2.05) is 24.3 Å². The molecule has 0 aliphatic heterocycles. The summed E-state index contributed by atoms with van der Waals surface area (Å²) in [6.45, 7) is 0. The van der Waals surface area contributed by atoms with Gasteiger partial charge in [-0.15, -0.1) is 11.3 Å². The monoisotopic (exact) mass is 270 g/mol. The predicted octanol–water partition coefficient (Wildman–Crippen LogP) is 3.70. The summed E-state index contributed by atoms with van der Waals surface area (Å²) in [4.78, 5) is 12.7. The topological polar surface area (TPSA) is 26.3 Å². The average Bonchev–Trinajstić information content (AvgIpc) is 2.94. The molecule has 1 heterocycles. The van der Waals surface area contributed by atoms with Gasteiger partial charge in [-0.25, -0.2) is 0 Å². The first-order chi connectivity index (χ1) is 9.35. The number of rotatable bonds is 3. The van der Waals surface area contributed by atoms with Crippen LogP contribution in [0.25, 0.3) is 5.57 Å². The molecule has 1 aliphatic carbocycles. The molecule has 0 unspecified atom stereocenters. The molecule has 0 saturated heterocycles. The summed E-state index contributed by atoms with van der Waals surface area (Å²) < 4.78 is 5.44. The number of methoxy groups -OCH3 is 1. The fraction of sp³-hybridized carbons (Fsp3) is 0.188. The van der Waals surface area contributed by atoms with Crippen molar-refractivity contribution in [3.8, 4) is 5.75 Å². The van der Waals surface area contributed by atoms with Crippen LogP contribution < -0.4 is 4.74 Å². The zero-order chi connectivity index (χ0) is 13.2. The van der Waals surface area contributed by atoms with Crippen molar-refractivity contribution in [2.75, 3.05) is 7.11 Å². The van der Waals surface area contributed by atoms with Crippen molar-refractivity contribution in [3.63, 3.8) is 0 Å². The highest BCUT2D eigenvalue weighted by molar-refractivity contribution is 7.10. The molecule has 1 aliphatic rings. The molecule has 96 valence electrons. The fourth-order valence-electron chi connectivity index (χ4n) is 2.59. The summed E-state index contributed by atoms with van der Waals surface area (Å²) in [6.07, 6.45) is 2.76. The Labute approximate surface area is 116 Å². The van der Waals surface area contributed by atoms with E-state index in [0.717, 1.165) is 41.6 Å². The molecule has 1 aromatic heterocycles. The van der Waals surface area contributed by atoms with Crippen LogP contribution in [0.1, 0.15) is 22.4 Å². The lowest BCUT2D eigenvalue weighted by atomic mass is 9.86. The quantitative estimate of drug-likeness (QED) is 0.795. The SMILES string of the molecule is COc1ccccc1C1=C(C=O)CCc2sccc21. The van der Waals surface area contributed by atoms with Crippen LogP contribution in [-0.2, 0) is 11.2 Å². The zero-order valence-electron chi connectivity index (χ0n) is 10.7. The van der Waals surface area contributed by atoms with E-state index in [2.05, 4.69) is 11.4 Å². The van der Waals surface area contributed by atoms with E-state index in [0.29, 0.717) is 0 Å². The number of carbonyl (C=O) groups is 1. The maximum Gasteiger partial charge on any atom is 0.146 e. The van der Waals surface area contributed by atoms with Crippen molar-refractivity contribution in [3.05, 3.63) is 57.3 Å². The van der Waals surface area contributed by atoms with Crippen molar-refractivity contribution >= 4 is 23.2 Å². The van der Waals surface area contributed by atoms with Gasteiger partial charge in [0.1, 0.15) is 12.0 Å². The second kappa shape index (κ2) is 5.02. The Hall–Kier alpha value is -1.87. The smallest absolute Gasteiger partial charge is 0.146 e. The van der Waals surface area contributed by atoms with Crippen LogP contribution in [0.2, 0.25) is 0 Å². The molecule has 0 spiro atoms. The average molecular weight is 270 g/mol. The Bertz CT molecular complexity index is 652. The van der Waals surface area contributed by atoms with Crippen molar-refractivity contribution in [1.82, 2.24) is 0 Å². The van der Waals surface area contributed by atoms with Crippen LogP contribution in [-0.4, -0.2) is 13.4 Å². The minimum atomic E-state index is 0.810. The van der Waals surface area contributed by atoms with Gasteiger partial charge in [-0.2, -0.15) is 0 Å². The van der Waals surface area contributed by atoms with E-state index in [4.69, 9.17) is 4.74 Å². The van der Waals surface area contributed by atoms with E-state index in [1.54, 1.807) is 18.4 Å². The molecule has 3 rings (SSSR count). The summed E-state index contributed by atoms with van der Waals surface area (Å²) in [7, 11) is 1.66. The molecule has 2 nitrogen and oxygen atoms in total. The van der Waals surface area contributed by atoms with Gasteiger partial charge in [-0.3, -0.25) is 4.79 Å². The largest absolute Gasteiger partial charge is 0.496 e. The van der Waals surface area contributed by atoms with Gasteiger partial charge in [0.05, 0.1) is 7.11 Å². The first-order valence-electron chi connectivity index (χ1n) is 6.23. The minimum absolute atomic E-state index is 0.810. The number of aldehydes is 1. The Kier molecular flexibility index (Phi) is 3.22. The summed E-state index contributed by atoms with van der Waals surface area (Å²) in [5.74, 6) is 0.816. The van der Waals surface area contributed by atoms with Gasteiger partial charge in [-0.1, -0.05) is 18.2 Å². The van der Waals surface area contributed by atoms with Crippen LogP contribution in [0.15, 0.2) is 41.3 Å². The minimum Gasteiger partial charge on any atom is -0.496 e. The number of para-hydroxylation sites is 1. The number of benzene rings is 1. The number of aryl methyl sites for hydroxylation is 1.